The number of carbonyl (C=O) groups excluding carboxylic acids is 2. The number of amides is 1. The maximum absolute atomic E-state index is 13.8. The first-order valence-electron chi connectivity index (χ1n) is 13.7. The third-order valence-electron chi connectivity index (χ3n) is 7.42. The van der Waals surface area contributed by atoms with Crippen LogP contribution in [0.15, 0.2) is 47.5 Å². The van der Waals surface area contributed by atoms with Gasteiger partial charge in [0.1, 0.15) is 18.1 Å². The van der Waals surface area contributed by atoms with Crippen LogP contribution in [0.5, 0.6) is 5.75 Å². The van der Waals surface area contributed by atoms with Crippen LogP contribution < -0.4 is 5.73 Å². The highest BCUT2D eigenvalue weighted by molar-refractivity contribution is 6.01. The molecular weight excluding hydrogens is 474 g/mol. The van der Waals surface area contributed by atoms with E-state index in [9.17, 15) is 14.7 Å². The molecule has 0 unspecified atom stereocenters. The quantitative estimate of drug-likeness (QED) is 0.419. The highest BCUT2D eigenvalue weighted by atomic mass is 16.3. The molecule has 1 heterocycles. The summed E-state index contributed by atoms with van der Waals surface area (Å²) in [5.74, 6) is 0.990. The molecule has 0 aliphatic carbocycles. The van der Waals surface area contributed by atoms with Gasteiger partial charge in [-0.3, -0.25) is 14.6 Å². The van der Waals surface area contributed by atoms with Gasteiger partial charge in [0.25, 0.3) is 0 Å². The molecule has 2 aromatic rings. The summed E-state index contributed by atoms with van der Waals surface area (Å²) in [6, 6.07) is 14.0. The first-order chi connectivity index (χ1) is 17.7. The molecule has 1 aliphatic rings. The van der Waals surface area contributed by atoms with Crippen molar-refractivity contribution in [1.29, 1.82) is 0 Å². The van der Waals surface area contributed by atoms with Gasteiger partial charge in [-0.1, -0.05) is 85.2 Å². The Morgan fingerprint density at radius 2 is 1.61 bits per heavy atom. The number of Topliss-reactive ketones (excluding diaryl/α,β-unsaturated/α-hetero) is 1. The summed E-state index contributed by atoms with van der Waals surface area (Å²) in [5, 5.41) is 11.1. The molecule has 0 aromatic heterocycles. The summed E-state index contributed by atoms with van der Waals surface area (Å²) in [5.41, 5.74) is 8.16. The van der Waals surface area contributed by atoms with Gasteiger partial charge in [-0.15, -0.1) is 0 Å². The van der Waals surface area contributed by atoms with Gasteiger partial charge in [0, 0.05) is 29.2 Å². The second-order valence-electron chi connectivity index (χ2n) is 12.7. The maximum Gasteiger partial charge on any atom is 0.239 e. The van der Waals surface area contributed by atoms with Crippen molar-refractivity contribution in [3.05, 3.63) is 64.7 Å². The van der Waals surface area contributed by atoms with Gasteiger partial charge >= 0.3 is 0 Å². The van der Waals surface area contributed by atoms with Crippen LogP contribution in [-0.4, -0.2) is 47.2 Å². The molecule has 0 bridgehead atoms. The third kappa shape index (κ3) is 7.03. The van der Waals surface area contributed by atoms with E-state index in [2.05, 4.69) is 28.9 Å². The number of phenols is 1. The molecular formula is C32H45N3O3. The van der Waals surface area contributed by atoms with E-state index in [4.69, 9.17) is 5.73 Å². The number of primary amides is 1. The minimum Gasteiger partial charge on any atom is -0.507 e. The van der Waals surface area contributed by atoms with Gasteiger partial charge in [0.2, 0.25) is 5.91 Å². The number of nitrogens with zero attached hydrogens (tertiary/aromatic N) is 2. The molecule has 1 fully saturated rings. The number of amidine groups is 1. The number of carbonyl (C=O) groups is 2. The normalized spacial score (nSPS) is 19.2. The van der Waals surface area contributed by atoms with E-state index in [1.54, 1.807) is 0 Å². The monoisotopic (exact) mass is 519 g/mol. The Bertz CT molecular complexity index is 1140. The summed E-state index contributed by atoms with van der Waals surface area (Å²) in [6.45, 7) is 15.2. The number of nitrogens with two attached hydrogens (primary N) is 1. The van der Waals surface area contributed by atoms with Crippen LogP contribution in [0.4, 0.5) is 0 Å². The molecule has 1 aliphatic heterocycles. The number of aromatic hydroxyl groups is 1. The molecule has 0 saturated carbocycles. The Kier molecular flexibility index (Phi) is 9.06. The number of ketones is 1. The molecule has 6 heteroatoms. The van der Waals surface area contributed by atoms with Gasteiger partial charge in [-0.05, 0) is 47.3 Å². The Morgan fingerprint density at radius 1 is 1.03 bits per heavy atom. The minimum absolute atomic E-state index is 0.0246. The van der Waals surface area contributed by atoms with Crippen molar-refractivity contribution < 1.29 is 14.7 Å². The van der Waals surface area contributed by atoms with Crippen LogP contribution >= 0.6 is 0 Å². The van der Waals surface area contributed by atoms with E-state index in [0.717, 1.165) is 36.2 Å². The molecule has 38 heavy (non-hydrogen) atoms. The minimum atomic E-state index is -0.482. The predicted octanol–water partition coefficient (Wildman–Crippen LogP) is 5.64. The summed E-state index contributed by atoms with van der Waals surface area (Å²) in [6.07, 6.45) is 2.84. The molecule has 0 radical (unpaired) electrons. The van der Waals surface area contributed by atoms with Crippen molar-refractivity contribution in [3.63, 3.8) is 0 Å². The molecule has 2 atom stereocenters. The van der Waals surface area contributed by atoms with Crippen molar-refractivity contribution in [2.75, 3.05) is 19.6 Å². The Hall–Kier alpha value is -3.15. The van der Waals surface area contributed by atoms with Crippen molar-refractivity contribution in [3.8, 4) is 5.75 Å². The SMILES string of the molecule is CCC[C@H]1CN(CC(=O)c2cc(C(C)(C)C)c(O)c(C(C)(C)C)c2)C(=NCC(N)=O)[C@@H]1Cc1ccccc1. The van der Waals surface area contributed by atoms with Crippen molar-refractivity contribution in [2.45, 2.75) is 78.6 Å². The fourth-order valence-electron chi connectivity index (χ4n) is 5.46. The zero-order valence-corrected chi connectivity index (χ0v) is 24.2. The van der Waals surface area contributed by atoms with Crippen molar-refractivity contribution in [2.24, 2.45) is 22.6 Å². The zero-order chi connectivity index (χ0) is 28.3. The van der Waals surface area contributed by atoms with Crippen LogP contribution in [0, 0.1) is 11.8 Å². The fraction of sp³-hybridized carbons (Fsp3) is 0.531. The average Bonchev–Trinajstić information content (AvgIpc) is 3.12. The molecule has 1 amide bonds. The zero-order valence-electron chi connectivity index (χ0n) is 24.2. The van der Waals surface area contributed by atoms with Crippen LogP contribution in [0.2, 0.25) is 0 Å². The van der Waals surface area contributed by atoms with Gasteiger partial charge in [-0.25, -0.2) is 0 Å². The average molecular weight is 520 g/mol. The summed E-state index contributed by atoms with van der Waals surface area (Å²) >= 11 is 0. The van der Waals surface area contributed by atoms with Gasteiger partial charge in [-0.2, -0.15) is 0 Å². The number of likely N-dealkylation sites (tertiary alicyclic amines) is 1. The summed E-state index contributed by atoms with van der Waals surface area (Å²) < 4.78 is 0. The lowest BCUT2D eigenvalue weighted by Gasteiger charge is -2.28. The van der Waals surface area contributed by atoms with Gasteiger partial charge in [0.05, 0.1) is 6.54 Å². The number of benzene rings is 2. The van der Waals surface area contributed by atoms with Crippen LogP contribution in [-0.2, 0) is 22.0 Å². The highest BCUT2D eigenvalue weighted by Gasteiger charge is 2.39. The Morgan fingerprint density at radius 3 is 2.11 bits per heavy atom. The number of hydrogen-bond donors (Lipinski definition) is 2. The lowest BCUT2D eigenvalue weighted by molar-refractivity contribution is -0.116. The predicted molar refractivity (Wildman–Crippen MR) is 155 cm³/mol. The summed E-state index contributed by atoms with van der Waals surface area (Å²) in [4.78, 5) is 32.2. The van der Waals surface area contributed by atoms with E-state index in [0.29, 0.717) is 18.0 Å². The fourth-order valence-corrected chi connectivity index (χ4v) is 5.46. The smallest absolute Gasteiger partial charge is 0.239 e. The lowest BCUT2D eigenvalue weighted by atomic mass is 9.78. The number of hydrogen-bond acceptors (Lipinski definition) is 4. The van der Waals surface area contributed by atoms with Gasteiger partial charge < -0.3 is 15.7 Å². The van der Waals surface area contributed by atoms with Gasteiger partial charge in [0.15, 0.2) is 5.78 Å². The second-order valence-corrected chi connectivity index (χ2v) is 12.7. The molecule has 206 valence electrons. The molecule has 3 rings (SSSR count). The number of aliphatic imine (C=N–C) groups is 1. The van der Waals surface area contributed by atoms with Crippen LogP contribution in [0.25, 0.3) is 0 Å². The Balaban J connectivity index is 2.00. The van der Waals surface area contributed by atoms with E-state index >= 15 is 0 Å². The Labute approximate surface area is 228 Å². The van der Waals surface area contributed by atoms with E-state index < -0.39 is 5.91 Å². The highest BCUT2D eigenvalue weighted by Crippen LogP contribution is 2.40. The largest absolute Gasteiger partial charge is 0.507 e. The number of rotatable bonds is 9. The van der Waals surface area contributed by atoms with Crippen molar-refractivity contribution >= 4 is 17.5 Å². The van der Waals surface area contributed by atoms with Crippen molar-refractivity contribution in [1.82, 2.24) is 4.90 Å². The topological polar surface area (TPSA) is 96.0 Å². The first-order valence-corrected chi connectivity index (χ1v) is 13.7. The first kappa shape index (κ1) is 29.4. The van der Waals surface area contributed by atoms with Crippen LogP contribution in [0.1, 0.15) is 88.4 Å². The second kappa shape index (κ2) is 11.7. The third-order valence-corrected chi connectivity index (χ3v) is 7.42. The van der Waals surface area contributed by atoms with E-state index in [-0.39, 0.29) is 41.4 Å². The molecule has 6 nitrogen and oxygen atoms in total. The molecule has 2 aromatic carbocycles. The van der Waals surface area contributed by atoms with Crippen LogP contribution in [0.3, 0.4) is 0 Å². The molecule has 3 N–H and O–H groups in total. The van der Waals surface area contributed by atoms with E-state index in [1.165, 1.54) is 5.56 Å². The lowest BCUT2D eigenvalue weighted by Crippen LogP contribution is -2.34. The molecule has 0 spiro atoms. The standard InChI is InChI=1S/C32H45N3O3/c1-8-12-22-19-35(30(34-18-28(33)37)24(22)15-21-13-10-9-11-14-21)20-27(36)23-16-25(31(2,3)4)29(38)26(17-23)32(5,6)7/h9-11,13-14,16-17,22,24,38H,8,12,15,18-20H2,1-7H3,(H2,33,37)/t22-,24+/m0/s1. The molecule has 1 saturated heterocycles. The summed E-state index contributed by atoms with van der Waals surface area (Å²) in [7, 11) is 0. The number of phenolic OH excluding ortho intramolecular Hbond substituents is 1. The van der Waals surface area contributed by atoms with E-state index in [1.807, 2.05) is 71.9 Å². The maximum atomic E-state index is 13.8.